The third-order valence-electron chi connectivity index (χ3n) is 3.33. The van der Waals surface area contributed by atoms with Crippen molar-refractivity contribution in [3.8, 4) is 5.69 Å². The summed E-state index contributed by atoms with van der Waals surface area (Å²) in [6.45, 7) is 3.73. The molecule has 120 valence electrons. The van der Waals surface area contributed by atoms with Crippen LogP contribution in [0.15, 0.2) is 46.0 Å². The fourth-order valence-electron chi connectivity index (χ4n) is 2.17. The van der Waals surface area contributed by atoms with Crippen molar-refractivity contribution in [2.45, 2.75) is 18.1 Å². The summed E-state index contributed by atoms with van der Waals surface area (Å²) in [7, 11) is -3.53. The smallest absolute Gasteiger partial charge is 0.271 e. The SMILES string of the molecule is Cc1nn(-c2ccc(NS(=O)(=O)c3cccs3)cc2)c(C)c1Cl. The van der Waals surface area contributed by atoms with Crippen molar-refractivity contribution < 1.29 is 8.42 Å². The highest BCUT2D eigenvalue weighted by Gasteiger charge is 2.15. The average molecular weight is 368 g/mol. The van der Waals surface area contributed by atoms with Crippen LogP contribution in [-0.2, 0) is 10.0 Å². The highest BCUT2D eigenvalue weighted by Crippen LogP contribution is 2.24. The zero-order valence-corrected chi connectivity index (χ0v) is 14.8. The first-order chi connectivity index (χ1) is 10.9. The molecule has 1 aromatic carbocycles. The number of benzene rings is 1. The third-order valence-corrected chi connectivity index (χ3v) is 6.65. The van der Waals surface area contributed by atoms with E-state index in [2.05, 4.69) is 9.82 Å². The summed E-state index contributed by atoms with van der Waals surface area (Å²) in [5.41, 5.74) is 2.91. The van der Waals surface area contributed by atoms with E-state index in [1.165, 1.54) is 11.3 Å². The molecule has 0 saturated carbocycles. The van der Waals surface area contributed by atoms with E-state index < -0.39 is 10.0 Å². The molecular weight excluding hydrogens is 354 g/mol. The Morgan fingerprint density at radius 3 is 2.39 bits per heavy atom. The maximum Gasteiger partial charge on any atom is 0.271 e. The molecule has 0 aliphatic rings. The molecule has 0 spiro atoms. The molecule has 5 nitrogen and oxygen atoms in total. The van der Waals surface area contributed by atoms with Gasteiger partial charge in [0, 0.05) is 5.69 Å². The van der Waals surface area contributed by atoms with Crippen LogP contribution in [-0.4, -0.2) is 18.2 Å². The van der Waals surface area contributed by atoms with Gasteiger partial charge in [0.2, 0.25) is 0 Å². The monoisotopic (exact) mass is 367 g/mol. The van der Waals surface area contributed by atoms with Gasteiger partial charge < -0.3 is 0 Å². The second-order valence-electron chi connectivity index (χ2n) is 4.98. The minimum Gasteiger partial charge on any atom is -0.279 e. The summed E-state index contributed by atoms with van der Waals surface area (Å²) in [6.07, 6.45) is 0. The van der Waals surface area contributed by atoms with Crippen molar-refractivity contribution in [3.05, 3.63) is 58.2 Å². The van der Waals surface area contributed by atoms with Crippen LogP contribution in [0.1, 0.15) is 11.4 Å². The van der Waals surface area contributed by atoms with Crippen LogP contribution in [0.5, 0.6) is 0 Å². The summed E-state index contributed by atoms with van der Waals surface area (Å²) in [6, 6.07) is 10.3. The molecule has 0 unspecified atom stereocenters. The molecule has 1 N–H and O–H groups in total. The number of hydrogen-bond acceptors (Lipinski definition) is 4. The maximum atomic E-state index is 12.2. The first kappa shape index (κ1) is 16.0. The summed E-state index contributed by atoms with van der Waals surface area (Å²) < 4.78 is 28.9. The van der Waals surface area contributed by atoms with Crippen LogP contribution in [0.25, 0.3) is 5.69 Å². The van der Waals surface area contributed by atoms with Crippen molar-refractivity contribution in [1.82, 2.24) is 9.78 Å². The average Bonchev–Trinajstić information content (AvgIpc) is 3.14. The van der Waals surface area contributed by atoms with Gasteiger partial charge >= 0.3 is 0 Å². The van der Waals surface area contributed by atoms with Gasteiger partial charge in [0.1, 0.15) is 4.21 Å². The molecule has 0 fully saturated rings. The predicted molar refractivity (Wildman–Crippen MR) is 93.2 cm³/mol. The van der Waals surface area contributed by atoms with E-state index in [0.29, 0.717) is 10.7 Å². The van der Waals surface area contributed by atoms with E-state index in [1.54, 1.807) is 46.5 Å². The van der Waals surface area contributed by atoms with Crippen molar-refractivity contribution in [1.29, 1.82) is 0 Å². The van der Waals surface area contributed by atoms with Gasteiger partial charge in [-0.3, -0.25) is 4.72 Å². The molecule has 0 amide bonds. The summed E-state index contributed by atoms with van der Waals surface area (Å²) in [5.74, 6) is 0. The number of halogens is 1. The number of hydrogen-bond donors (Lipinski definition) is 1. The van der Waals surface area contributed by atoms with Crippen molar-refractivity contribution in [2.24, 2.45) is 0 Å². The second kappa shape index (κ2) is 5.99. The van der Waals surface area contributed by atoms with E-state index in [-0.39, 0.29) is 4.21 Å². The number of nitrogens with one attached hydrogen (secondary N) is 1. The van der Waals surface area contributed by atoms with Crippen LogP contribution < -0.4 is 4.72 Å². The molecule has 3 aromatic rings. The first-order valence-electron chi connectivity index (χ1n) is 6.77. The number of anilines is 1. The Balaban J connectivity index is 1.87. The lowest BCUT2D eigenvalue weighted by atomic mass is 10.3. The molecule has 2 heterocycles. The first-order valence-corrected chi connectivity index (χ1v) is 9.51. The fraction of sp³-hybridized carbons (Fsp3) is 0.133. The van der Waals surface area contributed by atoms with Crippen LogP contribution in [0.2, 0.25) is 5.02 Å². The molecule has 0 aliphatic heterocycles. The van der Waals surface area contributed by atoms with E-state index in [0.717, 1.165) is 17.1 Å². The highest BCUT2D eigenvalue weighted by molar-refractivity contribution is 7.94. The van der Waals surface area contributed by atoms with E-state index >= 15 is 0 Å². The number of rotatable bonds is 4. The maximum absolute atomic E-state index is 12.2. The van der Waals surface area contributed by atoms with E-state index in [9.17, 15) is 8.42 Å². The van der Waals surface area contributed by atoms with E-state index in [1.807, 2.05) is 13.8 Å². The third kappa shape index (κ3) is 3.12. The molecule has 0 radical (unpaired) electrons. The second-order valence-corrected chi connectivity index (χ2v) is 8.22. The normalized spacial score (nSPS) is 11.6. The summed E-state index contributed by atoms with van der Waals surface area (Å²) in [4.78, 5) is 0. The zero-order valence-electron chi connectivity index (χ0n) is 12.4. The van der Waals surface area contributed by atoms with Gasteiger partial charge in [0.05, 0.1) is 22.1 Å². The summed E-state index contributed by atoms with van der Waals surface area (Å²) >= 11 is 7.33. The molecule has 0 aliphatic carbocycles. The van der Waals surface area contributed by atoms with Gasteiger partial charge in [-0.05, 0) is 49.6 Å². The van der Waals surface area contributed by atoms with Crippen LogP contribution in [0.3, 0.4) is 0 Å². The number of nitrogens with zero attached hydrogens (tertiary/aromatic N) is 2. The van der Waals surface area contributed by atoms with Crippen LogP contribution in [0, 0.1) is 13.8 Å². The highest BCUT2D eigenvalue weighted by atomic mass is 35.5. The van der Waals surface area contributed by atoms with Crippen molar-refractivity contribution in [2.75, 3.05) is 4.72 Å². The van der Waals surface area contributed by atoms with Gasteiger partial charge in [-0.15, -0.1) is 11.3 Å². The lowest BCUT2D eigenvalue weighted by Gasteiger charge is -2.08. The molecule has 8 heteroatoms. The van der Waals surface area contributed by atoms with Gasteiger partial charge in [0.25, 0.3) is 10.0 Å². The number of thiophene rings is 1. The minimum absolute atomic E-state index is 0.284. The standard InChI is InChI=1S/C15H14ClN3O2S2/c1-10-15(16)11(2)19(17-10)13-7-5-12(6-8-13)18-23(20,21)14-4-3-9-22-14/h3-9,18H,1-2H3. The lowest BCUT2D eigenvalue weighted by Crippen LogP contribution is -2.11. The molecule has 3 rings (SSSR count). The number of aryl methyl sites for hydroxylation is 1. The molecule has 0 atom stereocenters. The quantitative estimate of drug-likeness (QED) is 0.757. The molecule has 0 saturated heterocycles. The Morgan fingerprint density at radius 1 is 1.17 bits per heavy atom. The lowest BCUT2D eigenvalue weighted by molar-refractivity contribution is 0.603. The Hall–Kier alpha value is -1.83. The van der Waals surface area contributed by atoms with Crippen molar-refractivity contribution in [3.63, 3.8) is 0 Å². The Morgan fingerprint density at radius 2 is 1.87 bits per heavy atom. The topological polar surface area (TPSA) is 64.0 Å². The van der Waals surface area contributed by atoms with Crippen molar-refractivity contribution >= 4 is 38.6 Å². The van der Waals surface area contributed by atoms with Gasteiger partial charge in [-0.25, -0.2) is 13.1 Å². The Kier molecular flexibility index (Phi) is 4.18. The summed E-state index contributed by atoms with van der Waals surface area (Å²) in [5, 5.41) is 6.73. The largest absolute Gasteiger partial charge is 0.279 e. The van der Waals surface area contributed by atoms with Gasteiger partial charge in [-0.1, -0.05) is 17.7 Å². The molecule has 2 aromatic heterocycles. The number of sulfonamides is 1. The Labute approximate surface area is 143 Å². The fourth-order valence-corrected chi connectivity index (χ4v) is 4.34. The van der Waals surface area contributed by atoms with Gasteiger partial charge in [0.15, 0.2) is 0 Å². The van der Waals surface area contributed by atoms with Crippen LogP contribution in [0.4, 0.5) is 5.69 Å². The van der Waals surface area contributed by atoms with Crippen LogP contribution >= 0.6 is 22.9 Å². The molecular formula is C15H14ClN3O2S2. The van der Waals surface area contributed by atoms with Gasteiger partial charge in [-0.2, -0.15) is 5.10 Å². The molecule has 23 heavy (non-hydrogen) atoms. The zero-order chi connectivity index (χ0) is 16.6. The van der Waals surface area contributed by atoms with E-state index in [4.69, 9.17) is 11.6 Å². The number of aromatic nitrogens is 2. The Bertz CT molecular complexity index is 930. The predicted octanol–water partition coefficient (Wildman–Crippen LogP) is 4.00. The minimum atomic E-state index is -3.53. The molecule has 0 bridgehead atoms.